The number of rotatable bonds is 7. The Hall–Kier alpha value is -1.20. The molecule has 0 aliphatic carbocycles. The Morgan fingerprint density at radius 1 is 1.37 bits per heavy atom. The van der Waals surface area contributed by atoms with E-state index in [-0.39, 0.29) is 18.3 Å². The zero-order valence-electron chi connectivity index (χ0n) is 10.6. The van der Waals surface area contributed by atoms with Crippen LogP contribution in [0.4, 0.5) is 4.79 Å². The first kappa shape index (κ1) is 15.9. The Labute approximate surface area is 121 Å². The molecule has 6 heteroatoms. The van der Waals surface area contributed by atoms with Crippen molar-refractivity contribution in [2.75, 3.05) is 18.2 Å². The molecule has 19 heavy (non-hydrogen) atoms. The zero-order valence-corrected chi connectivity index (χ0v) is 12.2. The molecule has 0 spiro atoms. The molecule has 1 N–H and O–H groups in total. The third-order valence-corrected chi connectivity index (χ3v) is 3.62. The Balaban J connectivity index is 2.55. The Kier molecular flexibility index (Phi) is 7.36. The summed E-state index contributed by atoms with van der Waals surface area (Å²) in [7, 11) is 0. The summed E-state index contributed by atoms with van der Waals surface area (Å²) in [5, 5.41) is 2.52. The smallest absolute Gasteiger partial charge is 0.407 e. The van der Waals surface area contributed by atoms with Gasteiger partial charge in [-0.05, 0) is 19.1 Å². The molecule has 0 unspecified atom stereocenters. The van der Waals surface area contributed by atoms with Gasteiger partial charge in [0.15, 0.2) is 5.78 Å². The molecule has 0 radical (unpaired) electrons. The number of alkyl halides is 1. The number of halogens is 1. The van der Waals surface area contributed by atoms with Gasteiger partial charge >= 0.3 is 6.09 Å². The van der Waals surface area contributed by atoms with Gasteiger partial charge in [0.2, 0.25) is 0 Å². The number of carbonyl (C=O) groups excluding carboxylic acids is 2. The first-order valence-corrected chi connectivity index (χ1v) is 7.39. The van der Waals surface area contributed by atoms with Crippen LogP contribution in [-0.4, -0.2) is 36.2 Å². The lowest BCUT2D eigenvalue weighted by molar-refractivity contribution is -0.118. The Bertz CT molecular complexity index is 414. The zero-order chi connectivity index (χ0) is 14.1. The molecule has 0 aliphatic heterocycles. The number of thioether (sulfide) groups is 1. The average Bonchev–Trinajstić information content (AvgIpc) is 2.44. The molecule has 0 aliphatic rings. The molecule has 1 rings (SSSR count). The summed E-state index contributed by atoms with van der Waals surface area (Å²) in [6.45, 7) is 1.97. The van der Waals surface area contributed by atoms with Gasteiger partial charge in [0.1, 0.15) is 6.04 Å². The fourth-order valence-electron chi connectivity index (χ4n) is 1.32. The van der Waals surface area contributed by atoms with Crippen LogP contribution in [0.5, 0.6) is 0 Å². The lowest BCUT2D eigenvalue weighted by Gasteiger charge is -2.15. The number of alkyl carbamates (subject to hydrolysis) is 1. The van der Waals surface area contributed by atoms with Crippen LogP contribution in [-0.2, 0) is 9.53 Å². The van der Waals surface area contributed by atoms with Crippen molar-refractivity contribution in [1.29, 1.82) is 0 Å². The summed E-state index contributed by atoms with van der Waals surface area (Å²) in [6.07, 6.45) is -0.598. The summed E-state index contributed by atoms with van der Waals surface area (Å²) in [5.74, 6) is 0.0685. The highest BCUT2D eigenvalue weighted by Gasteiger charge is 2.20. The van der Waals surface area contributed by atoms with E-state index in [0.717, 1.165) is 4.90 Å². The van der Waals surface area contributed by atoms with Crippen LogP contribution >= 0.6 is 23.4 Å². The fourth-order valence-corrected chi connectivity index (χ4v) is 2.48. The largest absolute Gasteiger partial charge is 0.450 e. The minimum absolute atomic E-state index is 0.133. The maximum Gasteiger partial charge on any atom is 0.407 e. The molecule has 1 aromatic carbocycles. The van der Waals surface area contributed by atoms with Crippen molar-refractivity contribution in [3.8, 4) is 0 Å². The predicted octanol–water partition coefficient (Wildman–Crippen LogP) is 2.70. The summed E-state index contributed by atoms with van der Waals surface area (Å²) in [6, 6.07) is 9.00. The third-order valence-electron chi connectivity index (χ3n) is 2.25. The van der Waals surface area contributed by atoms with Gasteiger partial charge in [-0.15, -0.1) is 23.4 Å². The summed E-state index contributed by atoms with van der Waals surface area (Å²) in [5.41, 5.74) is 0. The van der Waals surface area contributed by atoms with Gasteiger partial charge in [-0.25, -0.2) is 4.79 Å². The van der Waals surface area contributed by atoms with Crippen molar-refractivity contribution in [1.82, 2.24) is 5.32 Å². The van der Waals surface area contributed by atoms with E-state index >= 15 is 0 Å². The van der Waals surface area contributed by atoms with Crippen molar-refractivity contribution in [3.63, 3.8) is 0 Å². The lowest BCUT2D eigenvalue weighted by atomic mass is 10.2. The van der Waals surface area contributed by atoms with Crippen molar-refractivity contribution in [3.05, 3.63) is 30.3 Å². The normalized spacial score (nSPS) is 11.7. The molecule has 1 amide bonds. The molecule has 1 aromatic rings. The molecule has 4 nitrogen and oxygen atoms in total. The second kappa shape index (κ2) is 8.82. The number of hydrogen-bond acceptors (Lipinski definition) is 4. The molecule has 0 fully saturated rings. The van der Waals surface area contributed by atoms with Crippen LogP contribution in [0.1, 0.15) is 6.92 Å². The number of carbonyl (C=O) groups is 2. The second-order valence-corrected chi connectivity index (χ2v) is 5.00. The number of nitrogens with one attached hydrogen (secondary N) is 1. The van der Waals surface area contributed by atoms with Crippen LogP contribution in [0.25, 0.3) is 0 Å². The van der Waals surface area contributed by atoms with Crippen molar-refractivity contribution < 1.29 is 14.3 Å². The van der Waals surface area contributed by atoms with Gasteiger partial charge in [0, 0.05) is 10.6 Å². The van der Waals surface area contributed by atoms with E-state index in [1.54, 1.807) is 6.92 Å². The fraction of sp³-hybridized carbons (Fsp3) is 0.385. The molecule has 0 heterocycles. The highest BCUT2D eigenvalue weighted by Crippen LogP contribution is 2.18. The Morgan fingerprint density at radius 2 is 2.05 bits per heavy atom. The number of Topliss-reactive ketones (excluding diaryl/α,β-unsaturated/α-hetero) is 1. The minimum Gasteiger partial charge on any atom is -0.450 e. The van der Waals surface area contributed by atoms with Gasteiger partial charge in [-0.3, -0.25) is 4.79 Å². The van der Waals surface area contributed by atoms with Gasteiger partial charge in [0.05, 0.1) is 12.5 Å². The summed E-state index contributed by atoms with van der Waals surface area (Å²) in [4.78, 5) is 24.0. The summed E-state index contributed by atoms with van der Waals surface area (Å²) < 4.78 is 4.76. The van der Waals surface area contributed by atoms with Gasteiger partial charge < -0.3 is 10.1 Å². The molecule has 0 aromatic heterocycles. The van der Waals surface area contributed by atoms with Crippen molar-refractivity contribution in [2.45, 2.75) is 17.9 Å². The SMILES string of the molecule is CCOC(=O)N[C@@H](CSc1ccccc1)C(=O)CCl. The van der Waals surface area contributed by atoms with E-state index in [1.807, 2.05) is 30.3 Å². The lowest BCUT2D eigenvalue weighted by Crippen LogP contribution is -2.43. The molecule has 104 valence electrons. The molecular formula is C13H16ClNO3S. The van der Waals surface area contributed by atoms with E-state index in [2.05, 4.69) is 5.32 Å². The number of benzene rings is 1. The molecular weight excluding hydrogens is 286 g/mol. The van der Waals surface area contributed by atoms with Crippen LogP contribution in [0.3, 0.4) is 0 Å². The van der Waals surface area contributed by atoms with Crippen LogP contribution in [0.2, 0.25) is 0 Å². The number of ketones is 1. The van der Waals surface area contributed by atoms with Crippen molar-refractivity contribution in [2.24, 2.45) is 0 Å². The Morgan fingerprint density at radius 3 is 2.63 bits per heavy atom. The van der Waals surface area contributed by atoms with Gasteiger partial charge in [0.25, 0.3) is 0 Å². The van der Waals surface area contributed by atoms with Crippen LogP contribution < -0.4 is 5.32 Å². The second-order valence-electron chi connectivity index (χ2n) is 3.64. The maximum atomic E-state index is 11.7. The highest BCUT2D eigenvalue weighted by molar-refractivity contribution is 7.99. The summed E-state index contributed by atoms with van der Waals surface area (Å²) >= 11 is 7.02. The predicted molar refractivity (Wildman–Crippen MR) is 76.8 cm³/mol. The van der Waals surface area contributed by atoms with E-state index < -0.39 is 12.1 Å². The van der Waals surface area contributed by atoms with E-state index in [0.29, 0.717) is 5.75 Å². The van der Waals surface area contributed by atoms with Crippen LogP contribution in [0, 0.1) is 0 Å². The van der Waals surface area contributed by atoms with Crippen molar-refractivity contribution >= 4 is 35.2 Å². The van der Waals surface area contributed by atoms with E-state index in [1.165, 1.54) is 11.8 Å². The number of amides is 1. The first-order valence-electron chi connectivity index (χ1n) is 5.87. The minimum atomic E-state index is -0.637. The molecule has 0 saturated carbocycles. The van der Waals surface area contributed by atoms with E-state index in [4.69, 9.17) is 16.3 Å². The third kappa shape index (κ3) is 5.98. The quantitative estimate of drug-likeness (QED) is 0.621. The maximum absolute atomic E-state index is 11.7. The topological polar surface area (TPSA) is 55.4 Å². The molecule has 0 bridgehead atoms. The van der Waals surface area contributed by atoms with Gasteiger partial charge in [-0.2, -0.15) is 0 Å². The monoisotopic (exact) mass is 301 g/mol. The highest BCUT2D eigenvalue weighted by atomic mass is 35.5. The molecule has 0 saturated heterocycles. The van der Waals surface area contributed by atoms with Gasteiger partial charge in [-0.1, -0.05) is 18.2 Å². The number of ether oxygens (including phenoxy) is 1. The molecule has 1 atom stereocenters. The first-order chi connectivity index (χ1) is 9.17. The number of hydrogen-bond donors (Lipinski definition) is 1. The van der Waals surface area contributed by atoms with Crippen LogP contribution in [0.15, 0.2) is 35.2 Å². The average molecular weight is 302 g/mol. The van der Waals surface area contributed by atoms with E-state index in [9.17, 15) is 9.59 Å². The standard InChI is InChI=1S/C13H16ClNO3S/c1-2-18-13(17)15-11(12(16)8-14)9-19-10-6-4-3-5-7-10/h3-7,11H,2,8-9H2,1H3,(H,15,17)/t11-/m0/s1.